The average molecular weight is 1290 g/mol. The third-order valence-corrected chi connectivity index (χ3v) is 22.7. The van der Waals surface area contributed by atoms with Gasteiger partial charge in [-0.2, -0.15) is 0 Å². The fourth-order valence-corrected chi connectivity index (χ4v) is 18.4. The van der Waals surface area contributed by atoms with Crippen molar-refractivity contribution in [3.63, 3.8) is 0 Å². The molecule has 0 fully saturated rings. The Morgan fingerprint density at radius 1 is 0.167 bits per heavy atom. The highest BCUT2D eigenvalue weighted by Crippen LogP contribution is 2.59. The van der Waals surface area contributed by atoms with E-state index in [4.69, 9.17) is 0 Å². The van der Waals surface area contributed by atoms with Crippen LogP contribution >= 0.6 is 0 Å². The zero-order chi connectivity index (χ0) is 67.0. The maximum Gasteiger partial charge on any atom is 0.0714 e. The van der Waals surface area contributed by atoms with Gasteiger partial charge in [0.25, 0.3) is 0 Å². The second-order valence-electron chi connectivity index (χ2n) is 27.7. The number of hydrogen-bond acceptors (Lipinski definition) is 0. The van der Waals surface area contributed by atoms with Crippen LogP contribution in [0.15, 0.2) is 388 Å². The van der Waals surface area contributed by atoms with E-state index in [2.05, 4.69) is 397 Å². The topological polar surface area (TPSA) is 9.86 Å². The summed E-state index contributed by atoms with van der Waals surface area (Å²) in [5, 5.41) is 9.74. The quantitative estimate of drug-likeness (QED) is 0.121. The first kappa shape index (κ1) is 57.9. The average Bonchev–Trinajstić information content (AvgIpc) is 1.48. The zero-order valence-corrected chi connectivity index (χ0v) is 55.8. The standard InChI is InChI=1S/C100H64N2/c1-7-27-65(28-8-1)97-83-53-47-68(70-50-58-96-86(60-70)82-42-22-26-46-94(82)102(96)76-52-56-80-78-40-20-24-44-90(78)100(92(80)64-76,73-35-15-5-16-36-73)74-37-17-6-18-38-74)62-88(83)98(66-29-9-2-10-30-66)84-54-48-67(61-87(84)97)69-49-57-95-85(59-69)81-41-21-25-45-93(81)101(95)75-51-55-79-77-39-19-23-43-89(77)99(91(79)63-75,71-31-11-3-12-32-71)72-33-13-4-14-34-72/h1-64H. The molecule has 2 aliphatic carbocycles. The van der Waals surface area contributed by atoms with Gasteiger partial charge in [-0.1, -0.05) is 315 Å². The van der Waals surface area contributed by atoms with Crippen molar-refractivity contribution >= 4 is 65.2 Å². The van der Waals surface area contributed by atoms with Crippen LogP contribution in [0.2, 0.25) is 0 Å². The van der Waals surface area contributed by atoms with Crippen molar-refractivity contribution in [2.75, 3.05) is 0 Å². The van der Waals surface area contributed by atoms with Crippen molar-refractivity contribution < 1.29 is 0 Å². The van der Waals surface area contributed by atoms with E-state index < -0.39 is 10.8 Å². The highest BCUT2D eigenvalue weighted by Gasteiger charge is 2.48. The van der Waals surface area contributed by atoms with Crippen LogP contribution in [0.4, 0.5) is 0 Å². The Morgan fingerprint density at radius 3 is 0.843 bits per heavy atom. The molecule has 2 aliphatic rings. The third-order valence-electron chi connectivity index (χ3n) is 22.7. The molecule has 0 bridgehead atoms. The van der Waals surface area contributed by atoms with Crippen LogP contribution in [0.5, 0.6) is 0 Å². The summed E-state index contributed by atoms with van der Waals surface area (Å²) in [5.41, 5.74) is 30.8. The van der Waals surface area contributed by atoms with Gasteiger partial charge < -0.3 is 9.13 Å². The highest BCUT2D eigenvalue weighted by atomic mass is 15.0. The van der Waals surface area contributed by atoms with E-state index in [-0.39, 0.29) is 0 Å². The summed E-state index contributed by atoms with van der Waals surface area (Å²) in [6, 6.07) is 146. The summed E-state index contributed by atoms with van der Waals surface area (Å²) < 4.78 is 4.98. The Bertz CT molecular complexity index is 6100. The second-order valence-corrected chi connectivity index (χ2v) is 27.7. The van der Waals surface area contributed by atoms with Crippen molar-refractivity contribution in [2.24, 2.45) is 0 Å². The molecule has 0 atom stereocenters. The monoisotopic (exact) mass is 1290 g/mol. The van der Waals surface area contributed by atoms with Crippen molar-refractivity contribution in [1.29, 1.82) is 0 Å². The molecule has 2 nitrogen and oxygen atoms in total. The first-order chi connectivity index (χ1) is 50.6. The Hall–Kier alpha value is -13.1. The molecule has 102 heavy (non-hydrogen) atoms. The van der Waals surface area contributed by atoms with Crippen LogP contribution in [-0.4, -0.2) is 9.13 Å². The van der Waals surface area contributed by atoms with Crippen molar-refractivity contribution in [2.45, 2.75) is 10.8 Å². The molecule has 21 rings (SSSR count). The smallest absolute Gasteiger partial charge is 0.0714 e. The molecule has 2 aromatic heterocycles. The van der Waals surface area contributed by atoms with E-state index in [0.29, 0.717) is 0 Å². The first-order valence-corrected chi connectivity index (χ1v) is 35.5. The summed E-state index contributed by atoms with van der Waals surface area (Å²) in [6.45, 7) is 0. The van der Waals surface area contributed by atoms with Gasteiger partial charge in [0.1, 0.15) is 0 Å². The lowest BCUT2D eigenvalue weighted by atomic mass is 9.67. The number of rotatable bonds is 10. The van der Waals surface area contributed by atoms with E-state index in [1.807, 2.05) is 0 Å². The number of para-hydroxylation sites is 2. The van der Waals surface area contributed by atoms with Crippen LogP contribution in [0.1, 0.15) is 44.5 Å². The Kier molecular flexibility index (Phi) is 12.9. The second kappa shape index (κ2) is 22.7. The normalized spacial score (nSPS) is 13.3. The predicted octanol–water partition coefficient (Wildman–Crippen LogP) is 25.6. The molecule has 0 N–H and O–H groups in total. The molecule has 0 aliphatic heterocycles. The molecular formula is C100H64N2. The van der Waals surface area contributed by atoms with Gasteiger partial charge in [-0.05, 0) is 206 Å². The lowest BCUT2D eigenvalue weighted by molar-refractivity contribution is 0.767. The van der Waals surface area contributed by atoms with E-state index in [0.717, 1.165) is 11.4 Å². The number of benzene rings is 17. The largest absolute Gasteiger partial charge is 0.309 e. The van der Waals surface area contributed by atoms with Gasteiger partial charge in [-0.15, -0.1) is 0 Å². The molecule has 2 heterocycles. The number of nitrogens with zero attached hydrogens (tertiary/aromatic N) is 2. The van der Waals surface area contributed by atoms with Gasteiger partial charge in [0.15, 0.2) is 0 Å². The molecule has 0 amide bonds. The third kappa shape index (κ3) is 8.35. The molecular weight excluding hydrogens is 1230 g/mol. The summed E-state index contributed by atoms with van der Waals surface area (Å²) in [7, 11) is 0. The summed E-state index contributed by atoms with van der Waals surface area (Å²) >= 11 is 0. The molecule has 0 spiro atoms. The van der Waals surface area contributed by atoms with Gasteiger partial charge in [-0.3, -0.25) is 0 Å². The molecule has 0 saturated heterocycles. The predicted molar refractivity (Wildman–Crippen MR) is 426 cm³/mol. The van der Waals surface area contributed by atoms with Gasteiger partial charge in [0.05, 0.1) is 32.9 Å². The Balaban J connectivity index is 0.714. The Labute approximate surface area is 592 Å². The molecule has 474 valence electrons. The van der Waals surface area contributed by atoms with E-state index in [1.54, 1.807) is 0 Å². The first-order valence-electron chi connectivity index (χ1n) is 35.5. The van der Waals surface area contributed by atoms with Crippen LogP contribution in [0.3, 0.4) is 0 Å². The highest BCUT2D eigenvalue weighted by molar-refractivity contribution is 6.23. The molecule has 17 aromatic carbocycles. The zero-order valence-electron chi connectivity index (χ0n) is 55.8. The minimum atomic E-state index is -0.514. The van der Waals surface area contributed by atoms with Crippen molar-refractivity contribution in [3.05, 3.63) is 433 Å². The molecule has 0 unspecified atom stereocenters. The van der Waals surface area contributed by atoms with Gasteiger partial charge in [-0.25, -0.2) is 0 Å². The van der Waals surface area contributed by atoms with Gasteiger partial charge in [0, 0.05) is 32.9 Å². The maximum absolute atomic E-state index is 2.49. The number of aromatic nitrogens is 2. The van der Waals surface area contributed by atoms with Crippen LogP contribution in [-0.2, 0) is 10.8 Å². The molecule has 19 aromatic rings. The lowest BCUT2D eigenvalue weighted by Crippen LogP contribution is -2.28. The fraction of sp³-hybridized carbons (Fsp3) is 0.0200. The van der Waals surface area contributed by atoms with Crippen molar-refractivity contribution in [3.8, 4) is 78.1 Å². The van der Waals surface area contributed by atoms with Crippen LogP contribution in [0, 0.1) is 0 Å². The summed E-state index contributed by atoms with van der Waals surface area (Å²) in [4.78, 5) is 0. The van der Waals surface area contributed by atoms with E-state index in [9.17, 15) is 0 Å². The van der Waals surface area contributed by atoms with Crippen LogP contribution < -0.4 is 0 Å². The summed E-state index contributed by atoms with van der Waals surface area (Å²) in [5.74, 6) is 0. The van der Waals surface area contributed by atoms with E-state index in [1.165, 1.54) is 176 Å². The van der Waals surface area contributed by atoms with Gasteiger partial charge >= 0.3 is 0 Å². The minimum absolute atomic E-state index is 0.514. The SMILES string of the molecule is c1ccc(-c2c3ccc(-c4ccc5c(c4)c4ccccc4n5-c4ccc5c(c4)C(c4ccccc4)(c4ccccc4)c4ccccc4-5)cc3c(-c3ccccc3)c3ccc(-c4ccc5c(c4)c4ccccc4n5-c4ccc5c(c4)C(c4ccccc4)(c4ccccc4)c4ccccc4-5)cc23)cc1. The fourth-order valence-electron chi connectivity index (χ4n) is 18.4. The molecule has 0 saturated carbocycles. The lowest BCUT2D eigenvalue weighted by Gasteiger charge is -2.34. The minimum Gasteiger partial charge on any atom is -0.309 e. The molecule has 2 heteroatoms. The van der Waals surface area contributed by atoms with Gasteiger partial charge in [0.2, 0.25) is 0 Å². The number of hydrogen-bond donors (Lipinski definition) is 0. The van der Waals surface area contributed by atoms with Crippen LogP contribution in [0.25, 0.3) is 143 Å². The molecule has 0 radical (unpaired) electrons. The van der Waals surface area contributed by atoms with E-state index >= 15 is 0 Å². The Morgan fingerprint density at radius 2 is 0.461 bits per heavy atom. The number of fused-ring (bicyclic) bond motifs is 14. The van der Waals surface area contributed by atoms with Crippen molar-refractivity contribution in [1.82, 2.24) is 9.13 Å². The maximum atomic E-state index is 2.49. The summed E-state index contributed by atoms with van der Waals surface area (Å²) in [6.07, 6.45) is 0.